The fraction of sp³-hybridized carbons (Fsp3) is 0.625. The minimum Gasteiger partial charge on any atom is -0.381 e. The molecule has 0 aromatic heterocycles. The highest BCUT2D eigenvalue weighted by Gasteiger charge is 2.25. The van der Waals surface area contributed by atoms with Crippen LogP contribution in [0.15, 0.2) is 18.2 Å². The van der Waals surface area contributed by atoms with Gasteiger partial charge in [0.2, 0.25) is 10.0 Å². The molecule has 23 heavy (non-hydrogen) atoms. The monoisotopic (exact) mass is 344 g/mol. The summed E-state index contributed by atoms with van der Waals surface area (Å²) in [6.45, 7) is 4.92. The summed E-state index contributed by atoms with van der Waals surface area (Å²) in [5.74, 6) is -0.278. The topological polar surface area (TPSA) is 58.6 Å². The highest BCUT2D eigenvalue weighted by atomic mass is 32.2. The van der Waals surface area contributed by atoms with Crippen LogP contribution < -0.4 is 9.62 Å². The SMILES string of the molecule is COC(C)CS(=O)(=O)NC1CCN(c2cc(C)ccc2F)CC1. The number of nitrogens with zero attached hydrogens (tertiary/aromatic N) is 1. The van der Waals surface area contributed by atoms with Crippen LogP contribution >= 0.6 is 0 Å². The molecule has 0 saturated carbocycles. The van der Waals surface area contributed by atoms with Crippen molar-refractivity contribution in [3.05, 3.63) is 29.6 Å². The van der Waals surface area contributed by atoms with Crippen LogP contribution in [0, 0.1) is 12.7 Å². The van der Waals surface area contributed by atoms with E-state index in [0.29, 0.717) is 31.6 Å². The molecule has 1 atom stereocenters. The summed E-state index contributed by atoms with van der Waals surface area (Å²) < 4.78 is 45.8. The first-order chi connectivity index (χ1) is 10.8. The van der Waals surface area contributed by atoms with Crippen molar-refractivity contribution in [2.24, 2.45) is 0 Å². The lowest BCUT2D eigenvalue weighted by Gasteiger charge is -2.34. The van der Waals surface area contributed by atoms with Gasteiger partial charge in [0.15, 0.2) is 0 Å². The standard InChI is InChI=1S/C16H25FN2O3S/c1-12-4-5-15(17)16(10-12)19-8-6-14(7-9-19)18-23(20,21)11-13(2)22-3/h4-5,10,13-14,18H,6-9,11H2,1-3H3. The van der Waals surface area contributed by atoms with E-state index in [2.05, 4.69) is 4.72 Å². The summed E-state index contributed by atoms with van der Waals surface area (Å²) in [6, 6.07) is 4.95. The second-order valence-electron chi connectivity index (χ2n) is 6.16. The van der Waals surface area contributed by atoms with Crippen LogP contribution in [-0.4, -0.2) is 46.5 Å². The third-order valence-corrected chi connectivity index (χ3v) is 5.74. The number of halogens is 1. The van der Waals surface area contributed by atoms with E-state index in [1.165, 1.54) is 13.2 Å². The molecule has 1 aromatic rings. The van der Waals surface area contributed by atoms with Crippen molar-refractivity contribution < 1.29 is 17.5 Å². The molecule has 1 fully saturated rings. The summed E-state index contributed by atoms with van der Waals surface area (Å²) in [5, 5.41) is 0. The molecule has 7 heteroatoms. The maximum absolute atomic E-state index is 13.9. The van der Waals surface area contributed by atoms with Crippen molar-refractivity contribution in [1.29, 1.82) is 0 Å². The predicted molar refractivity (Wildman–Crippen MR) is 89.8 cm³/mol. The van der Waals surface area contributed by atoms with Crippen molar-refractivity contribution in [2.45, 2.75) is 38.8 Å². The molecule has 1 aromatic carbocycles. The average molecular weight is 344 g/mol. The van der Waals surface area contributed by atoms with E-state index >= 15 is 0 Å². The van der Waals surface area contributed by atoms with Gasteiger partial charge in [-0.2, -0.15) is 0 Å². The first-order valence-corrected chi connectivity index (χ1v) is 9.50. The van der Waals surface area contributed by atoms with Crippen LogP contribution in [0.25, 0.3) is 0 Å². The van der Waals surface area contributed by atoms with E-state index in [1.807, 2.05) is 17.9 Å². The predicted octanol–water partition coefficient (Wildman–Crippen LogP) is 2.06. The van der Waals surface area contributed by atoms with Gasteiger partial charge in [0, 0.05) is 26.2 Å². The zero-order chi connectivity index (χ0) is 17.0. The smallest absolute Gasteiger partial charge is 0.214 e. The van der Waals surface area contributed by atoms with Crippen LogP contribution in [0.2, 0.25) is 0 Å². The highest BCUT2D eigenvalue weighted by Crippen LogP contribution is 2.24. The lowest BCUT2D eigenvalue weighted by Crippen LogP contribution is -2.46. The Morgan fingerprint density at radius 1 is 1.39 bits per heavy atom. The minimum atomic E-state index is -3.36. The van der Waals surface area contributed by atoms with Gasteiger partial charge in [-0.25, -0.2) is 17.5 Å². The van der Waals surface area contributed by atoms with Gasteiger partial charge < -0.3 is 9.64 Å². The molecule has 5 nitrogen and oxygen atoms in total. The van der Waals surface area contributed by atoms with Crippen molar-refractivity contribution >= 4 is 15.7 Å². The van der Waals surface area contributed by atoms with Gasteiger partial charge in [-0.1, -0.05) is 6.07 Å². The van der Waals surface area contributed by atoms with Gasteiger partial charge in [0.1, 0.15) is 5.82 Å². The Kier molecular flexibility index (Phi) is 6.00. The summed E-state index contributed by atoms with van der Waals surface area (Å²) in [7, 11) is -1.86. The Bertz CT molecular complexity index is 628. The molecule has 1 aliphatic heterocycles. The molecular formula is C16H25FN2O3S. The second kappa shape index (κ2) is 7.59. The number of sulfonamides is 1. The number of piperidine rings is 1. The van der Waals surface area contributed by atoms with E-state index in [4.69, 9.17) is 4.74 Å². The highest BCUT2D eigenvalue weighted by molar-refractivity contribution is 7.89. The molecule has 1 N–H and O–H groups in total. The number of aryl methyl sites for hydroxylation is 1. The average Bonchev–Trinajstić information content (AvgIpc) is 2.49. The molecular weight excluding hydrogens is 319 g/mol. The fourth-order valence-corrected chi connectivity index (χ4v) is 4.38. The number of ether oxygens (including phenoxy) is 1. The van der Waals surface area contributed by atoms with Crippen LogP contribution in [0.5, 0.6) is 0 Å². The zero-order valence-electron chi connectivity index (χ0n) is 13.9. The number of nitrogens with one attached hydrogen (secondary N) is 1. The van der Waals surface area contributed by atoms with Gasteiger partial charge in [-0.05, 0) is 44.4 Å². The molecule has 1 saturated heterocycles. The molecule has 0 amide bonds. The number of anilines is 1. The Hall–Kier alpha value is -1.18. The Morgan fingerprint density at radius 2 is 2.04 bits per heavy atom. The van der Waals surface area contributed by atoms with Gasteiger partial charge in [0.05, 0.1) is 17.5 Å². The molecule has 1 unspecified atom stereocenters. The summed E-state index contributed by atoms with van der Waals surface area (Å²) in [6.07, 6.45) is 0.982. The van der Waals surface area contributed by atoms with Gasteiger partial charge in [0.25, 0.3) is 0 Å². The number of methoxy groups -OCH3 is 1. The number of hydrogen-bond acceptors (Lipinski definition) is 4. The number of hydrogen-bond donors (Lipinski definition) is 1. The maximum atomic E-state index is 13.9. The molecule has 0 aliphatic carbocycles. The van der Waals surface area contributed by atoms with Crippen molar-refractivity contribution in [3.8, 4) is 0 Å². The summed E-state index contributed by atoms with van der Waals surface area (Å²) in [5.41, 5.74) is 1.61. The number of benzene rings is 1. The normalized spacial score (nSPS) is 18.2. The van der Waals surface area contributed by atoms with Gasteiger partial charge in [-0.3, -0.25) is 0 Å². The maximum Gasteiger partial charge on any atom is 0.214 e. The Morgan fingerprint density at radius 3 is 2.65 bits per heavy atom. The van der Waals surface area contributed by atoms with Crippen molar-refractivity contribution in [1.82, 2.24) is 4.72 Å². The Labute approximate surface area is 137 Å². The van der Waals surface area contributed by atoms with E-state index in [9.17, 15) is 12.8 Å². The van der Waals surface area contributed by atoms with E-state index < -0.39 is 10.0 Å². The van der Waals surface area contributed by atoms with Gasteiger partial charge >= 0.3 is 0 Å². The molecule has 0 radical (unpaired) electrons. The van der Waals surface area contributed by atoms with Crippen molar-refractivity contribution in [3.63, 3.8) is 0 Å². The summed E-state index contributed by atoms with van der Waals surface area (Å²) >= 11 is 0. The Balaban J connectivity index is 1.92. The van der Waals surface area contributed by atoms with Gasteiger partial charge in [-0.15, -0.1) is 0 Å². The molecule has 1 aliphatic rings. The largest absolute Gasteiger partial charge is 0.381 e. The molecule has 130 valence electrons. The lowest BCUT2D eigenvalue weighted by molar-refractivity contribution is 0.136. The second-order valence-corrected chi connectivity index (χ2v) is 7.96. The third kappa shape index (κ3) is 5.16. The molecule has 1 heterocycles. The number of rotatable bonds is 6. The minimum absolute atomic E-state index is 0.0454. The first-order valence-electron chi connectivity index (χ1n) is 7.84. The van der Waals surface area contributed by atoms with Crippen LogP contribution in [0.1, 0.15) is 25.3 Å². The lowest BCUT2D eigenvalue weighted by atomic mass is 10.0. The van der Waals surface area contributed by atoms with E-state index in [-0.39, 0.29) is 23.7 Å². The van der Waals surface area contributed by atoms with Crippen LogP contribution in [0.4, 0.5) is 10.1 Å². The van der Waals surface area contributed by atoms with Crippen LogP contribution in [-0.2, 0) is 14.8 Å². The van der Waals surface area contributed by atoms with Crippen LogP contribution in [0.3, 0.4) is 0 Å². The molecule has 0 bridgehead atoms. The summed E-state index contributed by atoms with van der Waals surface area (Å²) in [4.78, 5) is 1.98. The first kappa shape index (κ1) is 18.2. The van der Waals surface area contributed by atoms with E-state index in [0.717, 1.165) is 5.56 Å². The quantitative estimate of drug-likeness (QED) is 0.858. The molecule has 0 spiro atoms. The zero-order valence-corrected chi connectivity index (χ0v) is 14.7. The molecule has 2 rings (SSSR count). The third-order valence-electron chi connectivity index (χ3n) is 4.14. The fourth-order valence-electron chi connectivity index (χ4n) is 2.78. The van der Waals surface area contributed by atoms with E-state index in [1.54, 1.807) is 13.0 Å². The van der Waals surface area contributed by atoms with Crippen molar-refractivity contribution in [2.75, 3.05) is 30.9 Å².